The summed E-state index contributed by atoms with van der Waals surface area (Å²) in [5.74, 6) is -0.192. The molecule has 0 amide bonds. The SMILES string of the molecule is CCCCC1(CCCCS(=O)(=O)O)c2cc(C)ccc2-c2ccc(-c3ccc(C)c4nsnc34)cc21. The number of hydrogen-bond donors (Lipinski definition) is 1. The van der Waals surface area contributed by atoms with Crippen LogP contribution in [-0.2, 0) is 15.5 Å². The molecule has 1 aromatic heterocycles. The molecule has 0 spiro atoms. The molecule has 5 nitrogen and oxygen atoms in total. The van der Waals surface area contributed by atoms with Crippen molar-refractivity contribution >= 4 is 32.9 Å². The van der Waals surface area contributed by atoms with E-state index in [2.05, 4.69) is 78.0 Å². The first-order valence-corrected chi connectivity index (χ1v) is 15.0. The summed E-state index contributed by atoms with van der Waals surface area (Å²) in [4.78, 5) is 0. The van der Waals surface area contributed by atoms with E-state index in [-0.39, 0.29) is 11.2 Å². The summed E-state index contributed by atoms with van der Waals surface area (Å²) in [5, 5.41) is 0. The summed E-state index contributed by atoms with van der Waals surface area (Å²) >= 11 is 1.25. The Kier molecular flexibility index (Phi) is 6.74. The van der Waals surface area contributed by atoms with Crippen LogP contribution in [0.3, 0.4) is 0 Å². The Hall–Kier alpha value is -2.61. The molecule has 1 heterocycles. The van der Waals surface area contributed by atoms with Crippen molar-refractivity contribution in [1.29, 1.82) is 0 Å². The molecule has 0 radical (unpaired) electrons. The minimum Gasteiger partial charge on any atom is -0.286 e. The minimum absolute atomic E-state index is 0.188. The van der Waals surface area contributed by atoms with Gasteiger partial charge in [0, 0.05) is 11.0 Å². The number of fused-ring (bicyclic) bond motifs is 4. The molecule has 0 bridgehead atoms. The van der Waals surface area contributed by atoms with Crippen molar-refractivity contribution in [2.24, 2.45) is 0 Å². The standard InChI is InChI=1S/C29H32N2O3S2/c1-4-5-14-29(15-6-7-16-36(32,33)34)25-17-19(2)8-11-23(25)24-13-10-21(18-26(24)29)22-12-9-20(3)27-28(22)31-35-30-27/h8-13,17-18H,4-7,14-16H2,1-3H3,(H,32,33,34). The van der Waals surface area contributed by atoms with Crippen LogP contribution in [0.4, 0.5) is 0 Å². The average molecular weight is 521 g/mol. The molecule has 1 N–H and O–H groups in total. The van der Waals surface area contributed by atoms with Crippen LogP contribution in [0.1, 0.15) is 67.7 Å². The van der Waals surface area contributed by atoms with Gasteiger partial charge in [0.15, 0.2) is 0 Å². The number of aromatic nitrogens is 2. The summed E-state index contributed by atoms with van der Waals surface area (Å²) in [5.41, 5.74) is 11.5. The van der Waals surface area contributed by atoms with Gasteiger partial charge >= 0.3 is 0 Å². The molecule has 1 aliphatic carbocycles. The largest absolute Gasteiger partial charge is 0.286 e. The third kappa shape index (κ3) is 4.49. The van der Waals surface area contributed by atoms with Gasteiger partial charge in [-0.25, -0.2) is 0 Å². The summed E-state index contributed by atoms with van der Waals surface area (Å²) < 4.78 is 41.2. The zero-order chi connectivity index (χ0) is 25.5. The molecule has 188 valence electrons. The summed E-state index contributed by atoms with van der Waals surface area (Å²) in [6, 6.07) is 17.8. The van der Waals surface area contributed by atoms with Gasteiger partial charge in [0.25, 0.3) is 10.1 Å². The molecule has 7 heteroatoms. The fraction of sp³-hybridized carbons (Fsp3) is 0.379. The van der Waals surface area contributed by atoms with Gasteiger partial charge in [0.05, 0.1) is 17.5 Å². The van der Waals surface area contributed by atoms with Crippen molar-refractivity contribution in [2.75, 3.05) is 5.75 Å². The molecule has 1 unspecified atom stereocenters. The molecule has 0 saturated heterocycles. The van der Waals surface area contributed by atoms with Gasteiger partial charge in [0.1, 0.15) is 11.0 Å². The second-order valence-corrected chi connectivity index (χ2v) is 12.2. The van der Waals surface area contributed by atoms with Crippen molar-refractivity contribution in [3.8, 4) is 22.3 Å². The topological polar surface area (TPSA) is 80.2 Å². The first kappa shape index (κ1) is 25.1. The van der Waals surface area contributed by atoms with Gasteiger partial charge in [-0.05, 0) is 72.6 Å². The highest BCUT2D eigenvalue weighted by Crippen LogP contribution is 2.55. The highest BCUT2D eigenvalue weighted by Gasteiger charge is 2.42. The average Bonchev–Trinajstić information content (AvgIpc) is 3.43. The van der Waals surface area contributed by atoms with E-state index in [0.29, 0.717) is 6.42 Å². The third-order valence-electron chi connectivity index (χ3n) is 7.66. The fourth-order valence-electron chi connectivity index (χ4n) is 5.85. The van der Waals surface area contributed by atoms with Gasteiger partial charge in [0.2, 0.25) is 0 Å². The summed E-state index contributed by atoms with van der Waals surface area (Å²) in [6.07, 6.45) is 5.20. The van der Waals surface area contributed by atoms with Crippen LogP contribution in [0.25, 0.3) is 33.3 Å². The Bertz CT molecular complexity index is 1540. The molecular weight excluding hydrogens is 488 g/mol. The first-order chi connectivity index (χ1) is 17.2. The lowest BCUT2D eigenvalue weighted by Gasteiger charge is -2.33. The van der Waals surface area contributed by atoms with Gasteiger partial charge in [-0.15, -0.1) is 0 Å². The van der Waals surface area contributed by atoms with Crippen LogP contribution in [0.5, 0.6) is 0 Å². The lowest BCUT2D eigenvalue weighted by atomic mass is 9.70. The van der Waals surface area contributed by atoms with Gasteiger partial charge in [-0.2, -0.15) is 17.2 Å². The predicted octanol–water partition coefficient (Wildman–Crippen LogP) is 7.49. The fourth-order valence-corrected chi connectivity index (χ4v) is 7.04. The van der Waals surface area contributed by atoms with E-state index in [1.54, 1.807) is 0 Å². The monoisotopic (exact) mass is 520 g/mol. The quantitative estimate of drug-likeness (QED) is 0.183. The highest BCUT2D eigenvalue weighted by atomic mass is 32.2. The molecule has 1 atom stereocenters. The van der Waals surface area contributed by atoms with E-state index < -0.39 is 10.1 Å². The van der Waals surface area contributed by atoms with E-state index in [0.717, 1.165) is 59.8 Å². The van der Waals surface area contributed by atoms with Gasteiger partial charge < -0.3 is 0 Å². The number of rotatable bonds is 9. The maximum absolute atomic E-state index is 11.4. The third-order valence-corrected chi connectivity index (χ3v) is 8.99. The number of benzene rings is 3. The number of hydrogen-bond acceptors (Lipinski definition) is 5. The van der Waals surface area contributed by atoms with Crippen LogP contribution >= 0.6 is 11.7 Å². The smallest absolute Gasteiger partial charge is 0.264 e. The summed E-state index contributed by atoms with van der Waals surface area (Å²) in [7, 11) is -3.96. The molecular formula is C29H32N2O3S2. The van der Waals surface area contributed by atoms with Crippen LogP contribution in [0, 0.1) is 13.8 Å². The molecule has 3 aromatic carbocycles. The van der Waals surface area contributed by atoms with Crippen molar-refractivity contribution in [2.45, 2.75) is 64.7 Å². The molecule has 4 aromatic rings. The van der Waals surface area contributed by atoms with Gasteiger partial charge in [-0.1, -0.05) is 74.2 Å². The highest BCUT2D eigenvalue weighted by molar-refractivity contribution is 7.85. The van der Waals surface area contributed by atoms with Crippen molar-refractivity contribution in [3.05, 3.63) is 70.8 Å². The van der Waals surface area contributed by atoms with Crippen LogP contribution in [0.2, 0.25) is 0 Å². The molecule has 5 rings (SSSR count). The second kappa shape index (κ2) is 9.69. The Labute approximate surface area is 217 Å². The number of nitrogens with zero attached hydrogens (tertiary/aromatic N) is 2. The van der Waals surface area contributed by atoms with Gasteiger partial charge in [-0.3, -0.25) is 4.55 Å². The van der Waals surface area contributed by atoms with E-state index in [1.807, 2.05) is 0 Å². The summed E-state index contributed by atoms with van der Waals surface area (Å²) in [6.45, 7) is 6.42. The van der Waals surface area contributed by atoms with Crippen molar-refractivity contribution in [3.63, 3.8) is 0 Å². The van der Waals surface area contributed by atoms with Crippen LogP contribution < -0.4 is 0 Å². The Morgan fingerprint density at radius 1 is 0.833 bits per heavy atom. The van der Waals surface area contributed by atoms with E-state index >= 15 is 0 Å². The minimum atomic E-state index is -3.96. The maximum atomic E-state index is 11.4. The van der Waals surface area contributed by atoms with E-state index in [1.165, 1.54) is 39.5 Å². The van der Waals surface area contributed by atoms with Crippen LogP contribution in [0.15, 0.2) is 48.5 Å². The zero-order valence-electron chi connectivity index (χ0n) is 21.0. The Balaban J connectivity index is 1.65. The molecule has 1 aliphatic rings. The number of aryl methyl sites for hydroxylation is 2. The number of unbranched alkanes of at least 4 members (excludes halogenated alkanes) is 2. The lowest BCUT2D eigenvalue weighted by Crippen LogP contribution is -2.26. The molecule has 0 saturated carbocycles. The molecule has 36 heavy (non-hydrogen) atoms. The van der Waals surface area contributed by atoms with Crippen LogP contribution in [-0.4, -0.2) is 27.5 Å². The molecule has 0 fully saturated rings. The Morgan fingerprint density at radius 3 is 2.25 bits per heavy atom. The van der Waals surface area contributed by atoms with Crippen molar-refractivity contribution < 1.29 is 13.0 Å². The van der Waals surface area contributed by atoms with E-state index in [4.69, 9.17) is 0 Å². The normalized spacial score (nSPS) is 16.9. The van der Waals surface area contributed by atoms with Crippen molar-refractivity contribution in [1.82, 2.24) is 8.75 Å². The predicted molar refractivity (Wildman–Crippen MR) is 148 cm³/mol. The first-order valence-electron chi connectivity index (χ1n) is 12.7. The molecule has 0 aliphatic heterocycles. The van der Waals surface area contributed by atoms with E-state index in [9.17, 15) is 13.0 Å². The zero-order valence-corrected chi connectivity index (χ0v) is 22.7. The second-order valence-electron chi connectivity index (χ2n) is 10.1. The lowest BCUT2D eigenvalue weighted by molar-refractivity contribution is 0.412. The maximum Gasteiger partial charge on any atom is 0.264 e. The Morgan fingerprint density at radius 2 is 1.50 bits per heavy atom.